The maximum atomic E-state index is 8.71. The van der Waals surface area contributed by atoms with Gasteiger partial charge < -0.3 is 4.57 Å². The van der Waals surface area contributed by atoms with Crippen LogP contribution in [0, 0.1) is 26.2 Å². The highest BCUT2D eigenvalue weighted by molar-refractivity contribution is 5.82. The van der Waals surface area contributed by atoms with E-state index < -0.39 is 0 Å². The van der Waals surface area contributed by atoms with Crippen LogP contribution in [-0.2, 0) is 6.54 Å². The van der Waals surface area contributed by atoms with E-state index in [1.54, 1.807) is 18.7 Å². The fourth-order valence-corrected chi connectivity index (χ4v) is 3.25. The van der Waals surface area contributed by atoms with Crippen LogP contribution in [0.1, 0.15) is 22.4 Å². The molecule has 4 heterocycles. The van der Waals surface area contributed by atoms with Crippen LogP contribution < -0.4 is 5.49 Å². The number of nitrogens with zero attached hydrogens (tertiary/aromatic N) is 5. The van der Waals surface area contributed by atoms with Crippen LogP contribution in [0.25, 0.3) is 16.9 Å². The van der Waals surface area contributed by atoms with Crippen LogP contribution in [0.3, 0.4) is 0 Å². The summed E-state index contributed by atoms with van der Waals surface area (Å²) in [6, 6.07) is 7.92. The molecule has 0 unspecified atom stereocenters. The minimum absolute atomic E-state index is 0.450. The van der Waals surface area contributed by atoms with Crippen molar-refractivity contribution in [1.82, 2.24) is 24.1 Å². The van der Waals surface area contributed by atoms with E-state index in [0.717, 1.165) is 39.2 Å². The van der Waals surface area contributed by atoms with E-state index in [4.69, 9.17) is 5.41 Å². The van der Waals surface area contributed by atoms with Gasteiger partial charge in [0.1, 0.15) is 11.3 Å². The maximum Gasteiger partial charge on any atom is 0.151 e. The van der Waals surface area contributed by atoms with E-state index in [-0.39, 0.29) is 0 Å². The van der Waals surface area contributed by atoms with Crippen molar-refractivity contribution in [2.24, 2.45) is 0 Å². The minimum Gasteiger partial charge on any atom is -0.312 e. The van der Waals surface area contributed by atoms with Crippen LogP contribution in [0.2, 0.25) is 0 Å². The molecule has 0 saturated carbocycles. The molecule has 26 heavy (non-hydrogen) atoms. The molecule has 130 valence electrons. The first-order valence-electron chi connectivity index (χ1n) is 8.50. The SMILES string of the molecule is Cc1ccnc(-n2c(C)c(C)c3c(=N)n(Cc4cccnc4)cnc32)c1. The highest BCUT2D eigenvalue weighted by Crippen LogP contribution is 2.24. The van der Waals surface area contributed by atoms with Crippen molar-refractivity contribution in [2.45, 2.75) is 27.3 Å². The molecule has 0 aliphatic carbocycles. The van der Waals surface area contributed by atoms with Crippen molar-refractivity contribution in [1.29, 1.82) is 5.41 Å². The Balaban J connectivity index is 1.91. The summed E-state index contributed by atoms with van der Waals surface area (Å²) < 4.78 is 3.88. The summed E-state index contributed by atoms with van der Waals surface area (Å²) in [5, 5.41) is 9.57. The van der Waals surface area contributed by atoms with Gasteiger partial charge in [-0.1, -0.05) is 6.07 Å². The second-order valence-electron chi connectivity index (χ2n) is 6.52. The van der Waals surface area contributed by atoms with Gasteiger partial charge in [0, 0.05) is 24.3 Å². The summed E-state index contributed by atoms with van der Waals surface area (Å²) in [5.74, 6) is 0.831. The Bertz CT molecular complexity index is 1150. The molecule has 4 aromatic heterocycles. The molecule has 0 amide bonds. The largest absolute Gasteiger partial charge is 0.312 e. The van der Waals surface area contributed by atoms with Crippen LogP contribution in [0.5, 0.6) is 0 Å². The minimum atomic E-state index is 0.450. The summed E-state index contributed by atoms with van der Waals surface area (Å²) in [7, 11) is 0. The molecule has 4 aromatic rings. The number of aryl methyl sites for hydroxylation is 2. The molecule has 0 saturated heterocycles. The molecule has 1 N–H and O–H groups in total. The molecule has 0 bridgehead atoms. The second-order valence-corrected chi connectivity index (χ2v) is 6.52. The topological polar surface area (TPSA) is 72.4 Å². The normalized spacial score (nSPS) is 11.2. The van der Waals surface area contributed by atoms with E-state index in [9.17, 15) is 0 Å². The molecule has 6 heteroatoms. The van der Waals surface area contributed by atoms with Gasteiger partial charge in [0.2, 0.25) is 0 Å². The van der Waals surface area contributed by atoms with Crippen LogP contribution in [0.15, 0.2) is 49.2 Å². The standard InChI is InChI=1S/C20H20N6/c1-13-6-8-23-17(9-13)26-15(3)14(2)18-19(21)25(12-24-20(18)26)11-16-5-4-7-22-10-16/h4-10,12,21H,11H2,1-3H3. The Labute approximate surface area is 151 Å². The number of hydrogen-bond acceptors (Lipinski definition) is 4. The zero-order valence-electron chi connectivity index (χ0n) is 15.1. The van der Waals surface area contributed by atoms with E-state index in [2.05, 4.69) is 15.0 Å². The van der Waals surface area contributed by atoms with Crippen LogP contribution in [0.4, 0.5) is 0 Å². The lowest BCUT2D eigenvalue weighted by molar-refractivity contribution is 0.719. The predicted molar refractivity (Wildman–Crippen MR) is 100 cm³/mol. The first-order valence-corrected chi connectivity index (χ1v) is 8.50. The Kier molecular flexibility index (Phi) is 3.88. The number of pyridine rings is 2. The average molecular weight is 344 g/mol. The zero-order valence-corrected chi connectivity index (χ0v) is 15.1. The molecule has 0 aliphatic rings. The smallest absolute Gasteiger partial charge is 0.151 e. The van der Waals surface area contributed by atoms with E-state index in [1.807, 2.05) is 60.4 Å². The van der Waals surface area contributed by atoms with Gasteiger partial charge in [-0.2, -0.15) is 0 Å². The quantitative estimate of drug-likeness (QED) is 0.621. The Hall–Kier alpha value is -3.28. The highest BCUT2D eigenvalue weighted by atomic mass is 15.1. The van der Waals surface area contributed by atoms with Crippen molar-refractivity contribution < 1.29 is 0 Å². The van der Waals surface area contributed by atoms with Gasteiger partial charge in [0.05, 0.1) is 18.3 Å². The fourth-order valence-electron chi connectivity index (χ4n) is 3.25. The number of hydrogen-bond donors (Lipinski definition) is 1. The van der Waals surface area contributed by atoms with E-state index in [1.165, 1.54) is 0 Å². The van der Waals surface area contributed by atoms with Crippen molar-refractivity contribution in [3.05, 3.63) is 77.1 Å². The number of rotatable bonds is 3. The number of aromatic nitrogens is 5. The number of fused-ring (bicyclic) bond motifs is 1. The lowest BCUT2D eigenvalue weighted by atomic mass is 10.2. The molecular formula is C20H20N6. The van der Waals surface area contributed by atoms with Gasteiger partial charge >= 0.3 is 0 Å². The molecule has 0 spiro atoms. The molecule has 0 fully saturated rings. The van der Waals surface area contributed by atoms with Gasteiger partial charge in [-0.25, -0.2) is 9.97 Å². The second kappa shape index (κ2) is 6.22. The summed E-state index contributed by atoms with van der Waals surface area (Å²) >= 11 is 0. The summed E-state index contributed by atoms with van der Waals surface area (Å²) in [4.78, 5) is 13.3. The highest BCUT2D eigenvalue weighted by Gasteiger charge is 2.17. The summed E-state index contributed by atoms with van der Waals surface area (Å²) in [5.41, 5.74) is 5.51. The van der Waals surface area contributed by atoms with Gasteiger partial charge in [0.15, 0.2) is 5.65 Å². The van der Waals surface area contributed by atoms with Crippen molar-refractivity contribution in [3.8, 4) is 5.82 Å². The fraction of sp³-hybridized carbons (Fsp3) is 0.200. The van der Waals surface area contributed by atoms with Crippen LogP contribution in [-0.4, -0.2) is 24.1 Å². The molecule has 0 atom stereocenters. The monoisotopic (exact) mass is 344 g/mol. The summed E-state index contributed by atoms with van der Waals surface area (Å²) in [6.07, 6.45) is 7.09. The Morgan fingerprint density at radius 2 is 1.92 bits per heavy atom. The third-order valence-electron chi connectivity index (χ3n) is 4.74. The van der Waals surface area contributed by atoms with Crippen LogP contribution >= 0.6 is 0 Å². The number of nitrogens with one attached hydrogen (secondary N) is 1. The maximum absolute atomic E-state index is 8.71. The zero-order chi connectivity index (χ0) is 18.3. The average Bonchev–Trinajstić information content (AvgIpc) is 2.90. The third-order valence-corrected chi connectivity index (χ3v) is 4.74. The van der Waals surface area contributed by atoms with Crippen molar-refractivity contribution in [3.63, 3.8) is 0 Å². The molecule has 0 radical (unpaired) electrons. The predicted octanol–water partition coefficient (Wildman–Crippen LogP) is 3.07. The van der Waals surface area contributed by atoms with Crippen molar-refractivity contribution >= 4 is 11.0 Å². The first-order chi connectivity index (χ1) is 12.6. The summed E-state index contributed by atoms with van der Waals surface area (Å²) in [6.45, 7) is 6.70. The molecule has 0 aliphatic heterocycles. The molecule has 6 nitrogen and oxygen atoms in total. The molecule has 0 aromatic carbocycles. The van der Waals surface area contributed by atoms with Gasteiger partial charge in [0.25, 0.3) is 0 Å². The lowest BCUT2D eigenvalue weighted by Gasteiger charge is -2.09. The third kappa shape index (κ3) is 2.60. The van der Waals surface area contributed by atoms with Crippen molar-refractivity contribution in [2.75, 3.05) is 0 Å². The van der Waals surface area contributed by atoms with Gasteiger partial charge in [-0.15, -0.1) is 0 Å². The molecule has 4 rings (SSSR count). The van der Waals surface area contributed by atoms with Gasteiger partial charge in [-0.05, 0) is 55.7 Å². The Morgan fingerprint density at radius 3 is 2.65 bits per heavy atom. The lowest BCUT2D eigenvalue weighted by Crippen LogP contribution is -2.21. The van der Waals surface area contributed by atoms with E-state index in [0.29, 0.717) is 12.0 Å². The Morgan fingerprint density at radius 1 is 1.08 bits per heavy atom. The molecular weight excluding hydrogens is 324 g/mol. The first kappa shape index (κ1) is 16.2. The van der Waals surface area contributed by atoms with Gasteiger partial charge in [-0.3, -0.25) is 15.0 Å². The van der Waals surface area contributed by atoms with E-state index >= 15 is 0 Å².